The number of amides is 2. The third kappa shape index (κ3) is 4.55. The average molecular weight is 472 g/mol. The van der Waals surface area contributed by atoms with E-state index in [1.54, 1.807) is 32.9 Å². The quantitative estimate of drug-likeness (QED) is 0.421. The van der Waals surface area contributed by atoms with Gasteiger partial charge >= 0.3 is 0 Å². The van der Waals surface area contributed by atoms with Gasteiger partial charge in [-0.1, -0.05) is 30.3 Å². The second-order valence-corrected chi connectivity index (χ2v) is 8.48. The number of rotatable bonds is 6. The first kappa shape index (κ1) is 22.5. The number of oxazole rings is 1. The van der Waals surface area contributed by atoms with Gasteiger partial charge in [0.05, 0.1) is 23.4 Å². The molecule has 4 aromatic rings. The maximum Gasteiger partial charge on any atom is 0.261 e. The monoisotopic (exact) mass is 471 g/mol. The summed E-state index contributed by atoms with van der Waals surface area (Å²) in [4.78, 5) is 30.1. The normalized spacial score (nSPS) is 14.3. The molecule has 1 atom stereocenters. The molecule has 5 rings (SSSR count). The van der Waals surface area contributed by atoms with Crippen LogP contribution < -0.4 is 15.4 Å². The van der Waals surface area contributed by atoms with Crippen LogP contribution in [0.5, 0.6) is 5.75 Å². The van der Waals surface area contributed by atoms with Crippen LogP contribution in [0.4, 0.5) is 5.69 Å². The van der Waals surface area contributed by atoms with Gasteiger partial charge in [0, 0.05) is 6.42 Å². The van der Waals surface area contributed by atoms with Gasteiger partial charge in [0.2, 0.25) is 5.89 Å². The molecule has 0 saturated heterocycles. The third-order valence-corrected chi connectivity index (χ3v) is 5.95. The molecule has 1 aliphatic heterocycles. The van der Waals surface area contributed by atoms with Crippen molar-refractivity contribution in [1.29, 1.82) is 0 Å². The van der Waals surface area contributed by atoms with Crippen molar-refractivity contribution in [3.63, 3.8) is 0 Å². The summed E-state index contributed by atoms with van der Waals surface area (Å²) in [6.07, 6.45) is -0.0293. The van der Waals surface area contributed by atoms with Crippen molar-refractivity contribution in [2.24, 2.45) is 0 Å². The number of ether oxygens (including phenoxy) is 1. The summed E-state index contributed by atoms with van der Waals surface area (Å²) in [5, 5.41) is 5.81. The van der Waals surface area contributed by atoms with E-state index >= 15 is 0 Å². The van der Waals surface area contributed by atoms with Gasteiger partial charge in [0.15, 0.2) is 6.10 Å². The van der Waals surface area contributed by atoms with Gasteiger partial charge in [-0.2, -0.15) is 0 Å². The molecule has 2 aromatic carbocycles. The van der Waals surface area contributed by atoms with Crippen molar-refractivity contribution >= 4 is 17.5 Å². The van der Waals surface area contributed by atoms with E-state index in [0.29, 0.717) is 52.1 Å². The Bertz CT molecular complexity index is 1390. The molecule has 0 saturated carbocycles. The van der Waals surface area contributed by atoms with Gasteiger partial charge in [-0.25, -0.2) is 4.98 Å². The van der Waals surface area contributed by atoms with Gasteiger partial charge in [-0.3, -0.25) is 9.59 Å². The van der Waals surface area contributed by atoms with E-state index in [9.17, 15) is 9.59 Å². The Morgan fingerprint density at radius 2 is 1.77 bits per heavy atom. The number of nitrogens with zero attached hydrogens (tertiary/aromatic N) is 1. The molecule has 0 fully saturated rings. The number of para-hydroxylation sites is 2. The number of hydrogen-bond acceptors (Lipinski definition) is 6. The van der Waals surface area contributed by atoms with E-state index in [1.165, 1.54) is 0 Å². The fraction of sp³-hybridized carbons (Fsp3) is 0.222. The van der Waals surface area contributed by atoms with E-state index < -0.39 is 6.10 Å². The number of carbonyl (C=O) groups excluding carboxylic acids is 2. The highest BCUT2D eigenvalue weighted by molar-refractivity contribution is 6.06. The van der Waals surface area contributed by atoms with Crippen LogP contribution in [0.15, 0.2) is 63.4 Å². The van der Waals surface area contributed by atoms with Crippen LogP contribution in [0.25, 0.3) is 11.5 Å². The zero-order chi connectivity index (χ0) is 24.5. The van der Waals surface area contributed by atoms with Crippen molar-refractivity contribution < 1.29 is 23.2 Å². The van der Waals surface area contributed by atoms with Crippen molar-refractivity contribution in [3.05, 3.63) is 88.7 Å². The summed E-state index contributed by atoms with van der Waals surface area (Å²) in [5.74, 6) is 2.42. The molecule has 2 aromatic heterocycles. The molecule has 1 unspecified atom stereocenters. The average Bonchev–Trinajstić information content (AvgIpc) is 3.53. The minimum atomic E-state index is -0.565. The fourth-order valence-corrected chi connectivity index (χ4v) is 4.14. The maximum atomic E-state index is 12.8. The molecule has 8 heteroatoms. The Balaban J connectivity index is 1.29. The van der Waals surface area contributed by atoms with Crippen LogP contribution >= 0.6 is 0 Å². The van der Waals surface area contributed by atoms with Gasteiger partial charge in [0.1, 0.15) is 28.7 Å². The van der Waals surface area contributed by atoms with Crippen LogP contribution in [-0.2, 0) is 17.8 Å². The Kier molecular flexibility index (Phi) is 5.86. The topological polar surface area (TPSA) is 107 Å². The Hall–Kier alpha value is -4.33. The second-order valence-electron chi connectivity index (χ2n) is 8.48. The molecule has 2 N–H and O–H groups in total. The number of aryl methyl sites for hydroxylation is 3. The third-order valence-electron chi connectivity index (χ3n) is 5.95. The Morgan fingerprint density at radius 3 is 2.54 bits per heavy atom. The molecule has 1 aliphatic rings. The predicted molar refractivity (Wildman–Crippen MR) is 129 cm³/mol. The number of carbonyl (C=O) groups is 2. The minimum absolute atomic E-state index is 0.201. The second kappa shape index (κ2) is 9.13. The van der Waals surface area contributed by atoms with E-state index in [4.69, 9.17) is 13.6 Å². The Labute approximate surface area is 202 Å². The Morgan fingerprint density at radius 1 is 1.00 bits per heavy atom. The van der Waals surface area contributed by atoms with E-state index in [-0.39, 0.29) is 18.4 Å². The number of furan rings is 1. The number of nitrogens with one attached hydrogen (secondary N) is 2. The highest BCUT2D eigenvalue weighted by Crippen LogP contribution is 2.30. The van der Waals surface area contributed by atoms with Gasteiger partial charge < -0.3 is 24.2 Å². The summed E-state index contributed by atoms with van der Waals surface area (Å²) < 4.78 is 17.1. The lowest BCUT2D eigenvalue weighted by molar-refractivity contribution is -0.127. The van der Waals surface area contributed by atoms with E-state index in [1.807, 2.05) is 42.5 Å². The number of aromatic nitrogens is 1. The number of benzene rings is 2. The lowest BCUT2D eigenvalue weighted by Crippen LogP contribution is -2.37. The first-order chi connectivity index (χ1) is 16.9. The smallest absolute Gasteiger partial charge is 0.261 e. The molecule has 178 valence electrons. The van der Waals surface area contributed by atoms with E-state index in [2.05, 4.69) is 15.6 Å². The first-order valence-corrected chi connectivity index (χ1v) is 11.4. The zero-order valence-corrected chi connectivity index (χ0v) is 19.7. The minimum Gasteiger partial charge on any atom is -0.480 e. The zero-order valence-electron chi connectivity index (χ0n) is 19.7. The van der Waals surface area contributed by atoms with Crippen LogP contribution in [0, 0.1) is 20.8 Å². The lowest BCUT2D eigenvalue weighted by atomic mass is 10.1. The summed E-state index contributed by atoms with van der Waals surface area (Å²) in [7, 11) is 0. The molecule has 0 radical (unpaired) electrons. The van der Waals surface area contributed by atoms with Crippen LogP contribution in [0.3, 0.4) is 0 Å². The molecule has 0 bridgehead atoms. The molecular weight excluding hydrogens is 446 g/mol. The molecule has 8 nitrogen and oxygen atoms in total. The predicted octanol–water partition coefficient (Wildman–Crippen LogP) is 4.73. The molecule has 3 heterocycles. The number of hydrogen-bond donors (Lipinski definition) is 2. The van der Waals surface area contributed by atoms with Gasteiger partial charge in [0.25, 0.3) is 11.8 Å². The highest BCUT2D eigenvalue weighted by atomic mass is 16.5. The SMILES string of the molecule is Cc1cc(C(=O)Nc2ccccc2-c2nc(CNC(=O)C3Cc4ccccc4O3)c(C)o2)c(C)o1. The molecule has 0 aliphatic carbocycles. The van der Waals surface area contributed by atoms with Crippen molar-refractivity contribution in [3.8, 4) is 17.2 Å². The van der Waals surface area contributed by atoms with Crippen molar-refractivity contribution in [2.75, 3.05) is 5.32 Å². The summed E-state index contributed by atoms with van der Waals surface area (Å²) in [5.41, 5.74) is 3.29. The molecule has 35 heavy (non-hydrogen) atoms. The fourth-order valence-electron chi connectivity index (χ4n) is 4.14. The summed E-state index contributed by atoms with van der Waals surface area (Å²) in [6.45, 7) is 5.54. The first-order valence-electron chi connectivity index (χ1n) is 11.4. The van der Waals surface area contributed by atoms with Crippen molar-refractivity contribution in [2.45, 2.75) is 39.8 Å². The molecule has 0 spiro atoms. The van der Waals surface area contributed by atoms with Gasteiger partial charge in [-0.05, 0) is 50.6 Å². The summed E-state index contributed by atoms with van der Waals surface area (Å²) >= 11 is 0. The van der Waals surface area contributed by atoms with Crippen LogP contribution in [0.1, 0.15) is 38.9 Å². The molecular formula is C27H25N3O5. The van der Waals surface area contributed by atoms with E-state index in [0.717, 1.165) is 11.3 Å². The lowest BCUT2D eigenvalue weighted by Gasteiger charge is -2.10. The van der Waals surface area contributed by atoms with Crippen LogP contribution in [0.2, 0.25) is 0 Å². The number of anilines is 1. The van der Waals surface area contributed by atoms with Crippen LogP contribution in [-0.4, -0.2) is 22.9 Å². The highest BCUT2D eigenvalue weighted by Gasteiger charge is 2.29. The maximum absolute atomic E-state index is 12.8. The molecule has 2 amide bonds. The van der Waals surface area contributed by atoms with Gasteiger partial charge in [-0.15, -0.1) is 0 Å². The van der Waals surface area contributed by atoms with Crippen molar-refractivity contribution in [1.82, 2.24) is 10.3 Å². The number of fused-ring (bicyclic) bond motifs is 1. The standard InChI is InChI=1S/C27H25N3O5/c1-15-12-20(16(2)33-15)25(31)29-21-10-6-5-9-19(21)27-30-22(17(3)34-27)14-28-26(32)24-13-18-8-4-7-11-23(18)35-24/h4-12,24H,13-14H2,1-3H3,(H,28,32)(H,29,31). The largest absolute Gasteiger partial charge is 0.480 e. The summed E-state index contributed by atoms with van der Waals surface area (Å²) in [6, 6.07) is 16.6.